The van der Waals surface area contributed by atoms with Crippen molar-refractivity contribution >= 4 is 11.4 Å². The van der Waals surface area contributed by atoms with Gasteiger partial charge >= 0.3 is 0 Å². The van der Waals surface area contributed by atoms with Crippen LogP contribution < -0.4 is 10.6 Å². The van der Waals surface area contributed by atoms with E-state index in [2.05, 4.69) is 15.0 Å². The Balaban J connectivity index is 1.98. The van der Waals surface area contributed by atoms with Gasteiger partial charge in [0.2, 0.25) is 0 Å². The summed E-state index contributed by atoms with van der Waals surface area (Å²) < 4.78 is 1.90. The number of likely N-dealkylation sites (N-methyl/N-ethyl adjacent to an activating group) is 1. The number of nitrogens with two attached hydrogens (primary N) is 1. The molecule has 0 aliphatic heterocycles. The molecule has 0 spiro atoms. The van der Waals surface area contributed by atoms with Crippen molar-refractivity contribution in [2.45, 2.75) is 6.54 Å². The van der Waals surface area contributed by atoms with Crippen molar-refractivity contribution in [2.24, 2.45) is 0 Å². The monoisotopic (exact) mass is 217 g/mol. The molecule has 0 atom stereocenters. The lowest BCUT2D eigenvalue weighted by Crippen LogP contribution is -2.23. The van der Waals surface area contributed by atoms with Crippen molar-refractivity contribution < 1.29 is 0 Å². The van der Waals surface area contributed by atoms with E-state index in [-0.39, 0.29) is 0 Å². The Morgan fingerprint density at radius 3 is 3.00 bits per heavy atom. The number of pyridine rings is 1. The molecule has 0 radical (unpaired) electrons. The molecule has 0 aromatic carbocycles. The van der Waals surface area contributed by atoms with Crippen LogP contribution in [0.25, 0.3) is 0 Å². The van der Waals surface area contributed by atoms with Gasteiger partial charge in [-0.05, 0) is 12.1 Å². The van der Waals surface area contributed by atoms with Gasteiger partial charge in [-0.15, -0.1) is 0 Å². The minimum atomic E-state index is 0.700. The molecule has 5 nitrogen and oxygen atoms in total. The molecular formula is C11H15N5. The predicted octanol–water partition coefficient (Wildman–Crippen LogP) is 0.997. The topological polar surface area (TPSA) is 60.0 Å². The first-order valence-corrected chi connectivity index (χ1v) is 5.15. The third kappa shape index (κ3) is 2.31. The van der Waals surface area contributed by atoms with Crippen molar-refractivity contribution in [3.63, 3.8) is 0 Å². The van der Waals surface area contributed by atoms with Crippen LogP contribution in [0, 0.1) is 0 Å². The molecule has 0 fully saturated rings. The molecular weight excluding hydrogens is 202 g/mol. The number of hydrogen-bond acceptors (Lipinski definition) is 4. The van der Waals surface area contributed by atoms with Gasteiger partial charge in [0, 0.05) is 32.2 Å². The first-order valence-electron chi connectivity index (χ1n) is 5.15. The zero-order valence-electron chi connectivity index (χ0n) is 9.24. The van der Waals surface area contributed by atoms with Crippen LogP contribution in [0.5, 0.6) is 0 Å². The van der Waals surface area contributed by atoms with Gasteiger partial charge in [0.15, 0.2) is 0 Å². The SMILES string of the molecule is CN(CCn1cccn1)c1ccncc1N. The van der Waals surface area contributed by atoms with Crippen molar-refractivity contribution in [2.75, 3.05) is 24.2 Å². The van der Waals surface area contributed by atoms with Crippen LogP contribution in [-0.4, -0.2) is 28.4 Å². The van der Waals surface area contributed by atoms with Crippen molar-refractivity contribution in [3.05, 3.63) is 36.9 Å². The smallest absolute Gasteiger partial charge is 0.0738 e. The van der Waals surface area contributed by atoms with E-state index >= 15 is 0 Å². The molecule has 84 valence electrons. The van der Waals surface area contributed by atoms with E-state index in [1.165, 1.54) is 0 Å². The Morgan fingerprint density at radius 1 is 1.44 bits per heavy atom. The largest absolute Gasteiger partial charge is 0.396 e. The Labute approximate surface area is 94.5 Å². The van der Waals surface area contributed by atoms with Crippen LogP contribution in [0.2, 0.25) is 0 Å². The zero-order valence-corrected chi connectivity index (χ0v) is 9.24. The van der Waals surface area contributed by atoms with Crippen molar-refractivity contribution in [1.82, 2.24) is 14.8 Å². The highest BCUT2D eigenvalue weighted by atomic mass is 15.3. The van der Waals surface area contributed by atoms with Crippen LogP contribution in [0.4, 0.5) is 11.4 Å². The highest BCUT2D eigenvalue weighted by Gasteiger charge is 2.04. The van der Waals surface area contributed by atoms with Gasteiger partial charge in [0.05, 0.1) is 24.1 Å². The number of aromatic nitrogens is 3. The number of nitrogens with zero attached hydrogens (tertiary/aromatic N) is 4. The highest BCUT2D eigenvalue weighted by Crippen LogP contribution is 2.19. The van der Waals surface area contributed by atoms with Gasteiger partial charge < -0.3 is 10.6 Å². The summed E-state index contributed by atoms with van der Waals surface area (Å²) in [6, 6.07) is 3.83. The van der Waals surface area contributed by atoms with Gasteiger partial charge in [0.1, 0.15) is 0 Å². The molecule has 0 saturated carbocycles. The molecule has 0 aliphatic carbocycles. The van der Waals surface area contributed by atoms with E-state index in [4.69, 9.17) is 5.73 Å². The maximum absolute atomic E-state index is 5.84. The number of anilines is 2. The van der Waals surface area contributed by atoms with E-state index < -0.39 is 0 Å². The lowest BCUT2D eigenvalue weighted by Gasteiger charge is -2.20. The van der Waals surface area contributed by atoms with E-state index in [0.717, 1.165) is 18.8 Å². The second-order valence-corrected chi connectivity index (χ2v) is 3.63. The molecule has 5 heteroatoms. The summed E-state index contributed by atoms with van der Waals surface area (Å²) in [7, 11) is 2.01. The van der Waals surface area contributed by atoms with Crippen LogP contribution >= 0.6 is 0 Å². The normalized spacial score (nSPS) is 10.3. The van der Waals surface area contributed by atoms with Crippen LogP contribution in [0.15, 0.2) is 36.9 Å². The average Bonchev–Trinajstić information content (AvgIpc) is 2.79. The minimum absolute atomic E-state index is 0.700. The second-order valence-electron chi connectivity index (χ2n) is 3.63. The quantitative estimate of drug-likeness (QED) is 0.830. The third-order valence-electron chi connectivity index (χ3n) is 2.46. The molecule has 16 heavy (non-hydrogen) atoms. The highest BCUT2D eigenvalue weighted by molar-refractivity contribution is 5.65. The van der Waals surface area contributed by atoms with Gasteiger partial charge in [-0.3, -0.25) is 9.67 Å². The van der Waals surface area contributed by atoms with Crippen molar-refractivity contribution in [3.8, 4) is 0 Å². The number of hydrogen-bond donors (Lipinski definition) is 1. The van der Waals surface area contributed by atoms with E-state index in [1.807, 2.05) is 30.1 Å². The summed E-state index contributed by atoms with van der Waals surface area (Å²) in [4.78, 5) is 6.06. The molecule has 0 unspecified atom stereocenters. The van der Waals surface area contributed by atoms with Crippen LogP contribution in [0.3, 0.4) is 0 Å². The van der Waals surface area contributed by atoms with E-state index in [0.29, 0.717) is 5.69 Å². The molecule has 2 rings (SSSR count). The zero-order chi connectivity index (χ0) is 11.4. The average molecular weight is 217 g/mol. The Bertz CT molecular complexity index is 437. The van der Waals surface area contributed by atoms with Gasteiger partial charge in [-0.2, -0.15) is 5.10 Å². The summed E-state index contributed by atoms with van der Waals surface area (Å²) in [5.41, 5.74) is 7.55. The maximum Gasteiger partial charge on any atom is 0.0738 e. The third-order valence-corrected chi connectivity index (χ3v) is 2.46. The number of rotatable bonds is 4. The molecule has 2 aromatic heterocycles. The van der Waals surface area contributed by atoms with Crippen molar-refractivity contribution in [1.29, 1.82) is 0 Å². The minimum Gasteiger partial charge on any atom is -0.396 e. The Kier molecular flexibility index (Phi) is 3.05. The predicted molar refractivity (Wildman–Crippen MR) is 64.1 cm³/mol. The Morgan fingerprint density at radius 2 is 2.31 bits per heavy atom. The first-order chi connectivity index (χ1) is 7.77. The van der Waals surface area contributed by atoms with Crippen LogP contribution in [0.1, 0.15) is 0 Å². The summed E-state index contributed by atoms with van der Waals surface area (Å²) in [5, 5.41) is 4.15. The fourth-order valence-electron chi connectivity index (χ4n) is 1.55. The molecule has 2 aromatic rings. The fraction of sp³-hybridized carbons (Fsp3) is 0.273. The van der Waals surface area contributed by atoms with Gasteiger partial charge in [-0.25, -0.2) is 0 Å². The molecule has 2 heterocycles. The molecule has 0 saturated heterocycles. The molecule has 0 amide bonds. The standard InChI is InChI=1S/C11H15N5/c1-15(7-8-16-6-2-4-14-16)11-3-5-13-9-10(11)12/h2-6,9H,7-8,12H2,1H3. The summed E-state index contributed by atoms with van der Waals surface area (Å²) in [5.74, 6) is 0. The van der Waals surface area contributed by atoms with Gasteiger partial charge in [-0.1, -0.05) is 0 Å². The molecule has 0 aliphatic rings. The maximum atomic E-state index is 5.84. The fourth-order valence-corrected chi connectivity index (χ4v) is 1.55. The van der Waals surface area contributed by atoms with E-state index in [9.17, 15) is 0 Å². The number of nitrogen functional groups attached to an aromatic ring is 1. The van der Waals surface area contributed by atoms with E-state index in [1.54, 1.807) is 18.6 Å². The first kappa shape index (κ1) is 10.5. The molecule has 0 bridgehead atoms. The summed E-state index contributed by atoms with van der Waals surface area (Å²) in [6.45, 7) is 1.70. The lowest BCUT2D eigenvalue weighted by atomic mass is 10.3. The van der Waals surface area contributed by atoms with Crippen LogP contribution in [-0.2, 0) is 6.54 Å². The van der Waals surface area contributed by atoms with Gasteiger partial charge in [0.25, 0.3) is 0 Å². The second kappa shape index (κ2) is 4.65. The lowest BCUT2D eigenvalue weighted by molar-refractivity contribution is 0.612. The summed E-state index contributed by atoms with van der Waals surface area (Å²) in [6.07, 6.45) is 7.14. The molecule has 2 N–H and O–H groups in total. The summed E-state index contributed by atoms with van der Waals surface area (Å²) >= 11 is 0. The Hall–Kier alpha value is -2.04.